The third-order valence-corrected chi connectivity index (χ3v) is 2.91. The van der Waals surface area contributed by atoms with Crippen molar-refractivity contribution >= 4 is 5.91 Å². The van der Waals surface area contributed by atoms with Crippen LogP contribution in [0.2, 0.25) is 0 Å². The zero-order valence-electron chi connectivity index (χ0n) is 11.3. The summed E-state index contributed by atoms with van der Waals surface area (Å²) in [5.41, 5.74) is 0.840. The highest BCUT2D eigenvalue weighted by molar-refractivity contribution is 5.90. The summed E-state index contributed by atoms with van der Waals surface area (Å²) in [4.78, 5) is 16.2. The lowest BCUT2D eigenvalue weighted by Gasteiger charge is -2.15. The highest BCUT2D eigenvalue weighted by Gasteiger charge is 2.18. The van der Waals surface area contributed by atoms with E-state index < -0.39 is 11.9 Å². The third-order valence-electron chi connectivity index (χ3n) is 2.91. The number of nitrogens with one attached hydrogen (secondary N) is 2. The molecule has 0 saturated heterocycles. The number of rotatable bonds is 6. The molecule has 0 aliphatic rings. The molecule has 0 radical (unpaired) electrons. The molecule has 6 heteroatoms. The fourth-order valence-electron chi connectivity index (χ4n) is 1.89. The molecule has 0 aliphatic carbocycles. The van der Waals surface area contributed by atoms with Gasteiger partial charge in [0.25, 0.3) is 5.91 Å². The highest BCUT2D eigenvalue weighted by atomic mass is 16.3. The topological polar surface area (TPSA) is 90.9 Å². The van der Waals surface area contributed by atoms with Crippen LogP contribution in [-0.4, -0.2) is 32.8 Å². The van der Waals surface area contributed by atoms with Gasteiger partial charge in [-0.05, 0) is 12.0 Å². The minimum atomic E-state index is -0.461. The predicted octanol–water partition coefficient (Wildman–Crippen LogP) is 1.22. The van der Waals surface area contributed by atoms with Crippen molar-refractivity contribution in [3.8, 4) is 0 Å². The molecule has 0 bridgehead atoms. The van der Waals surface area contributed by atoms with Crippen LogP contribution in [0, 0.1) is 0 Å². The number of nitrogens with zero attached hydrogens (tertiary/aromatic N) is 2. The second kappa shape index (κ2) is 6.81. The quantitative estimate of drug-likeness (QED) is 0.738. The Labute approximate surface area is 117 Å². The molecule has 6 nitrogen and oxygen atoms in total. The molecule has 0 unspecified atom stereocenters. The summed E-state index contributed by atoms with van der Waals surface area (Å²) in [5.74, 6) is 0.396. The smallest absolute Gasteiger partial charge is 0.291 e. The van der Waals surface area contributed by atoms with E-state index in [1.165, 1.54) is 0 Å². The number of carbonyl (C=O) groups excluding carboxylic acids is 1. The van der Waals surface area contributed by atoms with Gasteiger partial charge in [-0.2, -0.15) is 0 Å². The number of aliphatic hydroxyl groups is 1. The molecule has 1 heterocycles. The van der Waals surface area contributed by atoms with Crippen molar-refractivity contribution in [3.63, 3.8) is 0 Å². The van der Waals surface area contributed by atoms with Gasteiger partial charge in [0, 0.05) is 6.42 Å². The van der Waals surface area contributed by atoms with E-state index in [1.54, 1.807) is 0 Å². The number of aromatic nitrogens is 3. The van der Waals surface area contributed by atoms with Crippen molar-refractivity contribution in [3.05, 3.63) is 47.5 Å². The third kappa shape index (κ3) is 3.42. The van der Waals surface area contributed by atoms with E-state index >= 15 is 0 Å². The SMILES string of the molecule is CCCc1nc(C(=O)N[C@H](CO)c2ccccc2)n[nH]1. The average molecular weight is 274 g/mol. The van der Waals surface area contributed by atoms with Gasteiger partial charge in [-0.3, -0.25) is 9.89 Å². The lowest BCUT2D eigenvalue weighted by Crippen LogP contribution is -2.31. The maximum Gasteiger partial charge on any atom is 0.291 e. The molecule has 3 N–H and O–H groups in total. The van der Waals surface area contributed by atoms with E-state index in [1.807, 2.05) is 37.3 Å². The molecular formula is C14H18N4O2. The van der Waals surface area contributed by atoms with Crippen molar-refractivity contribution in [1.29, 1.82) is 0 Å². The Morgan fingerprint density at radius 1 is 1.40 bits per heavy atom. The van der Waals surface area contributed by atoms with Gasteiger partial charge in [0.2, 0.25) is 5.82 Å². The summed E-state index contributed by atoms with van der Waals surface area (Å²) in [5, 5.41) is 18.7. The monoisotopic (exact) mass is 274 g/mol. The first-order valence-corrected chi connectivity index (χ1v) is 6.62. The fraction of sp³-hybridized carbons (Fsp3) is 0.357. The van der Waals surface area contributed by atoms with Crippen LogP contribution in [-0.2, 0) is 6.42 Å². The summed E-state index contributed by atoms with van der Waals surface area (Å²) in [7, 11) is 0. The van der Waals surface area contributed by atoms with Crippen LogP contribution >= 0.6 is 0 Å². The second-order valence-corrected chi connectivity index (χ2v) is 4.48. The molecule has 0 saturated carbocycles. The molecule has 2 aromatic rings. The van der Waals surface area contributed by atoms with Gasteiger partial charge < -0.3 is 10.4 Å². The molecule has 0 spiro atoms. The van der Waals surface area contributed by atoms with E-state index in [4.69, 9.17) is 0 Å². The Bertz CT molecular complexity index is 553. The standard InChI is InChI=1S/C14H18N4O2/c1-2-6-12-16-13(18-17-12)14(20)15-11(9-19)10-7-4-3-5-8-10/h3-5,7-8,11,19H,2,6,9H2,1H3,(H,15,20)(H,16,17,18)/t11-/m1/s1. The minimum absolute atomic E-state index is 0.0998. The molecule has 1 atom stereocenters. The number of amides is 1. The van der Waals surface area contributed by atoms with Gasteiger partial charge in [-0.15, -0.1) is 5.10 Å². The number of aryl methyl sites for hydroxylation is 1. The van der Waals surface area contributed by atoms with Crippen LogP contribution in [0.3, 0.4) is 0 Å². The Kier molecular flexibility index (Phi) is 4.84. The van der Waals surface area contributed by atoms with E-state index in [-0.39, 0.29) is 12.4 Å². The summed E-state index contributed by atoms with van der Waals surface area (Å²) in [6.45, 7) is 1.85. The number of H-pyrrole nitrogens is 1. The lowest BCUT2D eigenvalue weighted by molar-refractivity contribution is 0.0906. The summed E-state index contributed by atoms with van der Waals surface area (Å²) >= 11 is 0. The van der Waals surface area contributed by atoms with E-state index in [2.05, 4.69) is 20.5 Å². The maximum absolute atomic E-state index is 12.0. The van der Waals surface area contributed by atoms with Crippen LogP contribution in [0.5, 0.6) is 0 Å². The Morgan fingerprint density at radius 2 is 2.15 bits per heavy atom. The number of aromatic amines is 1. The summed E-state index contributed by atoms with van der Waals surface area (Å²) in [6, 6.07) is 8.83. The Morgan fingerprint density at radius 3 is 2.80 bits per heavy atom. The van der Waals surface area contributed by atoms with Crippen LogP contribution in [0.15, 0.2) is 30.3 Å². The molecule has 0 aliphatic heterocycles. The first kappa shape index (κ1) is 14.2. The normalized spacial score (nSPS) is 12.1. The molecule has 1 aromatic carbocycles. The molecular weight excluding hydrogens is 256 g/mol. The largest absolute Gasteiger partial charge is 0.394 e. The Hall–Kier alpha value is -2.21. The van der Waals surface area contributed by atoms with Gasteiger partial charge in [-0.1, -0.05) is 37.3 Å². The fourth-order valence-corrected chi connectivity index (χ4v) is 1.89. The maximum atomic E-state index is 12.0. The van der Waals surface area contributed by atoms with E-state index in [0.717, 1.165) is 18.4 Å². The van der Waals surface area contributed by atoms with Gasteiger partial charge in [-0.25, -0.2) is 4.98 Å². The van der Waals surface area contributed by atoms with Crippen LogP contribution in [0.4, 0.5) is 0 Å². The van der Waals surface area contributed by atoms with Gasteiger partial charge in [0.1, 0.15) is 5.82 Å². The second-order valence-electron chi connectivity index (χ2n) is 4.48. The number of hydrogen-bond acceptors (Lipinski definition) is 4. The molecule has 1 aromatic heterocycles. The summed E-state index contributed by atoms with van der Waals surface area (Å²) in [6.07, 6.45) is 1.68. The first-order valence-electron chi connectivity index (χ1n) is 6.62. The number of hydrogen-bond donors (Lipinski definition) is 3. The Balaban J connectivity index is 2.05. The van der Waals surface area contributed by atoms with Gasteiger partial charge in [0.15, 0.2) is 0 Å². The molecule has 1 amide bonds. The molecule has 20 heavy (non-hydrogen) atoms. The zero-order chi connectivity index (χ0) is 14.4. The summed E-state index contributed by atoms with van der Waals surface area (Å²) < 4.78 is 0. The van der Waals surface area contributed by atoms with Crippen molar-refractivity contribution in [2.24, 2.45) is 0 Å². The lowest BCUT2D eigenvalue weighted by atomic mass is 10.1. The van der Waals surface area contributed by atoms with Crippen LogP contribution < -0.4 is 5.32 Å². The molecule has 0 fully saturated rings. The first-order chi connectivity index (χ1) is 9.74. The van der Waals surface area contributed by atoms with E-state index in [0.29, 0.717) is 5.82 Å². The highest BCUT2D eigenvalue weighted by Crippen LogP contribution is 2.12. The molecule has 106 valence electrons. The van der Waals surface area contributed by atoms with Crippen molar-refractivity contribution in [2.75, 3.05) is 6.61 Å². The van der Waals surface area contributed by atoms with Crippen LogP contribution in [0.25, 0.3) is 0 Å². The van der Waals surface area contributed by atoms with Gasteiger partial charge in [0.05, 0.1) is 12.6 Å². The minimum Gasteiger partial charge on any atom is -0.394 e. The van der Waals surface area contributed by atoms with Crippen molar-refractivity contribution in [1.82, 2.24) is 20.5 Å². The van der Waals surface area contributed by atoms with Crippen molar-refractivity contribution < 1.29 is 9.90 Å². The zero-order valence-corrected chi connectivity index (χ0v) is 11.3. The molecule has 2 rings (SSSR count). The van der Waals surface area contributed by atoms with Crippen molar-refractivity contribution in [2.45, 2.75) is 25.8 Å². The predicted molar refractivity (Wildman–Crippen MR) is 74.1 cm³/mol. The number of carbonyl (C=O) groups is 1. The number of benzene rings is 1. The van der Waals surface area contributed by atoms with E-state index in [9.17, 15) is 9.90 Å². The van der Waals surface area contributed by atoms with Gasteiger partial charge >= 0.3 is 0 Å². The van der Waals surface area contributed by atoms with Crippen LogP contribution in [0.1, 0.15) is 41.4 Å². The average Bonchev–Trinajstić information content (AvgIpc) is 2.94. The number of aliphatic hydroxyl groups excluding tert-OH is 1.